The molecule has 1 amide bonds. The van der Waals surface area contributed by atoms with Gasteiger partial charge in [0.05, 0.1) is 11.3 Å². The van der Waals surface area contributed by atoms with Crippen LogP contribution in [0.4, 0.5) is 0 Å². The molecule has 178 valence electrons. The smallest absolute Gasteiger partial charge is 0.307 e. The van der Waals surface area contributed by atoms with Crippen LogP contribution in [0.25, 0.3) is 0 Å². The number of nitrogens with zero attached hydrogens (tertiary/aromatic N) is 1. The van der Waals surface area contributed by atoms with Gasteiger partial charge in [0.1, 0.15) is 0 Å². The summed E-state index contributed by atoms with van der Waals surface area (Å²) in [5.74, 6) is -1.20. The Morgan fingerprint density at radius 3 is 1.94 bits per heavy atom. The molecular formula is C26H28N2O5S. The van der Waals surface area contributed by atoms with Crippen LogP contribution < -0.4 is 5.32 Å². The molecule has 0 unspecified atom stereocenters. The van der Waals surface area contributed by atoms with Crippen LogP contribution in [-0.4, -0.2) is 45.3 Å². The summed E-state index contributed by atoms with van der Waals surface area (Å²) >= 11 is 0. The molecule has 3 rings (SSSR count). The van der Waals surface area contributed by atoms with Crippen molar-refractivity contribution in [2.45, 2.75) is 23.8 Å². The van der Waals surface area contributed by atoms with Crippen LogP contribution in [0.2, 0.25) is 0 Å². The number of carbonyl (C=O) groups is 2. The second kappa shape index (κ2) is 11.6. The van der Waals surface area contributed by atoms with Crippen LogP contribution in [0.5, 0.6) is 0 Å². The molecule has 0 saturated carbocycles. The summed E-state index contributed by atoms with van der Waals surface area (Å²) in [6, 6.07) is 25.8. The van der Waals surface area contributed by atoms with Gasteiger partial charge in [0, 0.05) is 26.6 Å². The van der Waals surface area contributed by atoms with Crippen LogP contribution in [-0.2, 0) is 30.9 Å². The van der Waals surface area contributed by atoms with E-state index in [0.717, 1.165) is 15.4 Å². The van der Waals surface area contributed by atoms with Crippen molar-refractivity contribution >= 4 is 21.9 Å². The largest absolute Gasteiger partial charge is 0.456 e. The summed E-state index contributed by atoms with van der Waals surface area (Å²) in [5.41, 5.74) is 2.41. The number of nitrogens with one attached hydrogen (secondary N) is 1. The van der Waals surface area contributed by atoms with E-state index in [2.05, 4.69) is 5.32 Å². The topological polar surface area (TPSA) is 92.8 Å². The molecule has 0 saturated heterocycles. The standard InChI is InChI=1S/C26H28N2O5S/c1-28(2)34(31,32)24-16-10-9-15-22(24)18-27-25(29)19-33-26(30)17-23(20-11-5-3-6-12-20)21-13-7-4-8-14-21/h3-16,23H,17-19H2,1-2H3,(H,27,29). The first-order valence-corrected chi connectivity index (χ1v) is 12.3. The summed E-state index contributed by atoms with van der Waals surface area (Å²) in [6.07, 6.45) is 0.0885. The minimum atomic E-state index is -3.65. The van der Waals surface area contributed by atoms with E-state index in [1.807, 2.05) is 60.7 Å². The molecule has 8 heteroatoms. The highest BCUT2D eigenvalue weighted by atomic mass is 32.2. The summed E-state index contributed by atoms with van der Waals surface area (Å²) in [5, 5.41) is 2.62. The van der Waals surface area contributed by atoms with Gasteiger partial charge in [0.15, 0.2) is 6.61 Å². The molecule has 3 aromatic carbocycles. The predicted molar refractivity (Wildman–Crippen MR) is 129 cm³/mol. The third kappa shape index (κ3) is 6.52. The number of sulfonamides is 1. The normalized spacial score (nSPS) is 11.4. The van der Waals surface area contributed by atoms with E-state index in [1.54, 1.807) is 18.2 Å². The minimum absolute atomic E-state index is 0.00369. The van der Waals surface area contributed by atoms with E-state index in [0.29, 0.717) is 5.56 Å². The summed E-state index contributed by atoms with van der Waals surface area (Å²) < 4.78 is 31.3. The van der Waals surface area contributed by atoms with Gasteiger partial charge in [-0.15, -0.1) is 0 Å². The molecule has 3 aromatic rings. The third-order valence-electron chi connectivity index (χ3n) is 5.35. The van der Waals surface area contributed by atoms with Crippen molar-refractivity contribution < 1.29 is 22.7 Å². The zero-order valence-corrected chi connectivity index (χ0v) is 20.0. The Bertz CT molecular complexity index is 1170. The average Bonchev–Trinajstić information content (AvgIpc) is 2.86. The van der Waals surface area contributed by atoms with Gasteiger partial charge in [-0.3, -0.25) is 9.59 Å². The number of esters is 1. The van der Waals surface area contributed by atoms with Crippen LogP contribution >= 0.6 is 0 Å². The van der Waals surface area contributed by atoms with Crippen LogP contribution in [0.15, 0.2) is 89.8 Å². The molecule has 0 aromatic heterocycles. The first kappa shape index (κ1) is 25.1. The molecule has 0 bridgehead atoms. The lowest BCUT2D eigenvalue weighted by atomic mass is 9.89. The van der Waals surface area contributed by atoms with E-state index in [9.17, 15) is 18.0 Å². The quantitative estimate of drug-likeness (QED) is 0.450. The Morgan fingerprint density at radius 1 is 0.853 bits per heavy atom. The minimum Gasteiger partial charge on any atom is -0.456 e. The highest BCUT2D eigenvalue weighted by Crippen LogP contribution is 2.28. The fourth-order valence-corrected chi connectivity index (χ4v) is 4.63. The van der Waals surface area contributed by atoms with Gasteiger partial charge in [-0.25, -0.2) is 12.7 Å². The highest BCUT2D eigenvalue weighted by molar-refractivity contribution is 7.89. The lowest BCUT2D eigenvalue weighted by molar-refractivity contribution is -0.148. The van der Waals surface area contributed by atoms with Gasteiger partial charge < -0.3 is 10.1 Å². The number of carbonyl (C=O) groups excluding carboxylic acids is 2. The molecular weight excluding hydrogens is 452 g/mol. The van der Waals surface area contributed by atoms with Gasteiger partial charge >= 0.3 is 5.97 Å². The molecule has 34 heavy (non-hydrogen) atoms. The third-order valence-corrected chi connectivity index (χ3v) is 7.26. The zero-order chi connectivity index (χ0) is 24.6. The molecule has 7 nitrogen and oxygen atoms in total. The van der Waals surface area contributed by atoms with Crippen molar-refractivity contribution in [1.29, 1.82) is 0 Å². The van der Waals surface area contributed by atoms with Crippen molar-refractivity contribution in [3.63, 3.8) is 0 Å². The molecule has 0 aliphatic heterocycles. The van der Waals surface area contributed by atoms with Gasteiger partial charge in [0.2, 0.25) is 10.0 Å². The zero-order valence-electron chi connectivity index (χ0n) is 19.2. The van der Waals surface area contributed by atoms with Gasteiger partial charge in [-0.05, 0) is 22.8 Å². The maximum atomic E-state index is 12.6. The predicted octanol–water partition coefficient (Wildman–Crippen LogP) is 3.32. The second-order valence-corrected chi connectivity index (χ2v) is 10.0. The summed E-state index contributed by atoms with van der Waals surface area (Å²) in [7, 11) is -0.757. The Kier molecular flexibility index (Phi) is 8.56. The molecule has 0 atom stereocenters. The van der Waals surface area contributed by atoms with Crippen LogP contribution in [0.3, 0.4) is 0 Å². The number of amides is 1. The van der Waals surface area contributed by atoms with Crippen molar-refractivity contribution in [3.8, 4) is 0 Å². The second-order valence-electron chi connectivity index (χ2n) is 7.91. The summed E-state index contributed by atoms with van der Waals surface area (Å²) in [6.45, 7) is -0.450. The van der Waals surface area contributed by atoms with Gasteiger partial charge in [-0.1, -0.05) is 78.9 Å². The fourth-order valence-electron chi connectivity index (χ4n) is 3.51. The number of ether oxygens (including phenoxy) is 1. The van der Waals surface area contributed by atoms with E-state index in [4.69, 9.17) is 4.74 Å². The van der Waals surface area contributed by atoms with Gasteiger partial charge in [-0.2, -0.15) is 0 Å². The van der Waals surface area contributed by atoms with Crippen LogP contribution in [0, 0.1) is 0 Å². The number of hydrogen-bond donors (Lipinski definition) is 1. The van der Waals surface area contributed by atoms with Crippen molar-refractivity contribution in [1.82, 2.24) is 9.62 Å². The molecule has 0 fully saturated rings. The molecule has 0 spiro atoms. The maximum absolute atomic E-state index is 12.6. The van der Waals surface area contributed by atoms with Gasteiger partial charge in [0.25, 0.3) is 5.91 Å². The van der Waals surface area contributed by atoms with E-state index in [-0.39, 0.29) is 23.8 Å². The number of hydrogen-bond acceptors (Lipinski definition) is 5. The molecule has 0 aliphatic rings. The molecule has 0 heterocycles. The maximum Gasteiger partial charge on any atom is 0.307 e. The Morgan fingerprint density at radius 2 is 1.38 bits per heavy atom. The Labute approximate surface area is 200 Å². The molecule has 0 radical (unpaired) electrons. The highest BCUT2D eigenvalue weighted by Gasteiger charge is 2.22. The monoisotopic (exact) mass is 480 g/mol. The van der Waals surface area contributed by atoms with Crippen molar-refractivity contribution in [2.24, 2.45) is 0 Å². The van der Waals surface area contributed by atoms with E-state index >= 15 is 0 Å². The van der Waals surface area contributed by atoms with Crippen molar-refractivity contribution in [3.05, 3.63) is 102 Å². The molecule has 0 aliphatic carbocycles. The number of rotatable bonds is 10. The first-order chi connectivity index (χ1) is 16.3. The lowest BCUT2D eigenvalue weighted by Gasteiger charge is -2.17. The molecule has 1 N–H and O–H groups in total. The van der Waals surface area contributed by atoms with Crippen LogP contribution in [0.1, 0.15) is 29.0 Å². The first-order valence-electron chi connectivity index (χ1n) is 10.8. The fraction of sp³-hybridized carbons (Fsp3) is 0.231. The van der Waals surface area contributed by atoms with E-state index < -0.39 is 28.5 Å². The Balaban J connectivity index is 1.59. The summed E-state index contributed by atoms with van der Waals surface area (Å²) in [4.78, 5) is 25.0. The van der Waals surface area contributed by atoms with Crippen molar-refractivity contribution in [2.75, 3.05) is 20.7 Å². The lowest BCUT2D eigenvalue weighted by Crippen LogP contribution is -2.30. The Hall–Kier alpha value is -3.49. The average molecular weight is 481 g/mol. The number of benzene rings is 3. The van der Waals surface area contributed by atoms with E-state index in [1.165, 1.54) is 20.2 Å². The SMILES string of the molecule is CN(C)S(=O)(=O)c1ccccc1CNC(=O)COC(=O)CC(c1ccccc1)c1ccccc1.